The molecule has 0 heterocycles. The molecule has 18 heavy (non-hydrogen) atoms. The van der Waals surface area contributed by atoms with Crippen molar-refractivity contribution in [3.8, 4) is 0 Å². The lowest BCUT2D eigenvalue weighted by Gasteiger charge is -2.13. The number of alkyl halides is 3. The quantitative estimate of drug-likeness (QED) is 0.654. The molecule has 0 radical (unpaired) electrons. The molecule has 0 aliphatic carbocycles. The van der Waals surface area contributed by atoms with E-state index in [1.807, 2.05) is 6.92 Å². The lowest BCUT2D eigenvalue weighted by atomic mass is 10.2. The Morgan fingerprint density at radius 3 is 2.56 bits per heavy atom. The van der Waals surface area contributed by atoms with E-state index in [9.17, 15) is 17.6 Å². The Morgan fingerprint density at radius 2 is 2.00 bits per heavy atom. The van der Waals surface area contributed by atoms with E-state index in [1.165, 1.54) is 6.07 Å². The van der Waals surface area contributed by atoms with Crippen LogP contribution in [0.25, 0.3) is 0 Å². The number of hydrogen-bond donors (Lipinski definition) is 2. The van der Waals surface area contributed by atoms with Crippen molar-refractivity contribution in [1.29, 1.82) is 0 Å². The summed E-state index contributed by atoms with van der Waals surface area (Å²) in [7, 11) is 0. The van der Waals surface area contributed by atoms with Crippen molar-refractivity contribution < 1.29 is 17.6 Å². The molecule has 1 aromatic carbocycles. The molecule has 0 saturated heterocycles. The van der Waals surface area contributed by atoms with Crippen LogP contribution < -0.4 is 10.6 Å². The van der Waals surface area contributed by atoms with Gasteiger partial charge in [-0.2, -0.15) is 13.2 Å². The van der Waals surface area contributed by atoms with Gasteiger partial charge in [0, 0.05) is 12.2 Å². The van der Waals surface area contributed by atoms with Crippen LogP contribution in [0.5, 0.6) is 0 Å². The van der Waals surface area contributed by atoms with Gasteiger partial charge in [-0.1, -0.05) is 6.92 Å². The lowest BCUT2D eigenvalue weighted by molar-refractivity contribution is -0.139. The van der Waals surface area contributed by atoms with Crippen LogP contribution in [0.4, 0.5) is 23.2 Å². The molecule has 1 aromatic rings. The summed E-state index contributed by atoms with van der Waals surface area (Å²) in [6.45, 7) is 2.54. The molecule has 0 spiro atoms. The number of hydrogen-bond acceptors (Lipinski definition) is 1. The Kier molecular flexibility index (Phi) is 4.89. The molecule has 2 N–H and O–H groups in total. The van der Waals surface area contributed by atoms with Crippen LogP contribution in [0, 0.1) is 5.82 Å². The molecular weight excluding hydrogens is 268 g/mol. The van der Waals surface area contributed by atoms with Crippen molar-refractivity contribution in [1.82, 2.24) is 5.32 Å². The van der Waals surface area contributed by atoms with Gasteiger partial charge in [-0.3, -0.25) is 0 Å². The molecule has 0 fully saturated rings. The van der Waals surface area contributed by atoms with E-state index in [4.69, 9.17) is 12.2 Å². The summed E-state index contributed by atoms with van der Waals surface area (Å²) < 4.78 is 50.4. The minimum absolute atomic E-state index is 0.0947. The average molecular weight is 280 g/mol. The minimum Gasteiger partial charge on any atom is -0.362 e. The van der Waals surface area contributed by atoms with E-state index in [1.54, 1.807) is 0 Å². The lowest BCUT2D eigenvalue weighted by Crippen LogP contribution is -2.29. The van der Waals surface area contributed by atoms with Crippen molar-refractivity contribution >= 4 is 23.0 Å². The van der Waals surface area contributed by atoms with Crippen molar-refractivity contribution in [2.75, 3.05) is 11.9 Å². The van der Waals surface area contributed by atoms with E-state index in [2.05, 4.69) is 10.6 Å². The Morgan fingerprint density at radius 1 is 1.33 bits per heavy atom. The van der Waals surface area contributed by atoms with E-state index >= 15 is 0 Å². The fourth-order valence-electron chi connectivity index (χ4n) is 1.23. The minimum atomic E-state index is -4.72. The second-order valence-corrected chi connectivity index (χ2v) is 3.98. The standard InChI is InChI=1S/C11H12F4N2S/c1-2-5-16-10(18)17-7-3-4-9(12)8(6-7)11(13,14)15/h3-4,6H,2,5H2,1H3,(H2,16,17,18). The Labute approximate surface area is 107 Å². The zero-order valence-electron chi connectivity index (χ0n) is 9.57. The monoisotopic (exact) mass is 280 g/mol. The highest BCUT2D eigenvalue weighted by molar-refractivity contribution is 7.80. The van der Waals surface area contributed by atoms with Crippen LogP contribution in [0.2, 0.25) is 0 Å². The molecule has 0 aliphatic heterocycles. The summed E-state index contributed by atoms with van der Waals surface area (Å²) in [6, 6.07) is 2.65. The molecule has 0 atom stereocenters. The highest BCUT2D eigenvalue weighted by atomic mass is 32.1. The third-order valence-corrected chi connectivity index (χ3v) is 2.31. The molecule has 0 aromatic heterocycles. The summed E-state index contributed by atoms with van der Waals surface area (Å²) in [5.41, 5.74) is -1.22. The summed E-state index contributed by atoms with van der Waals surface area (Å²) in [6.07, 6.45) is -3.89. The van der Waals surface area contributed by atoms with Gasteiger partial charge in [0.05, 0.1) is 5.56 Å². The molecule has 0 unspecified atom stereocenters. The first-order chi connectivity index (χ1) is 8.34. The third kappa shape index (κ3) is 4.14. The largest absolute Gasteiger partial charge is 0.419 e. The van der Waals surface area contributed by atoms with E-state index in [0.29, 0.717) is 12.6 Å². The second-order valence-electron chi connectivity index (χ2n) is 3.57. The van der Waals surface area contributed by atoms with Crippen molar-refractivity contribution in [3.63, 3.8) is 0 Å². The van der Waals surface area contributed by atoms with Crippen LogP contribution >= 0.6 is 12.2 Å². The number of nitrogens with one attached hydrogen (secondary N) is 2. The van der Waals surface area contributed by atoms with Crippen LogP contribution in [0.15, 0.2) is 18.2 Å². The van der Waals surface area contributed by atoms with Gasteiger partial charge in [0.15, 0.2) is 5.11 Å². The number of thiocarbonyl (C=S) groups is 1. The van der Waals surface area contributed by atoms with Crippen LogP contribution in [-0.2, 0) is 6.18 Å². The molecular formula is C11H12F4N2S. The van der Waals surface area contributed by atoms with Gasteiger partial charge in [-0.15, -0.1) is 0 Å². The maximum Gasteiger partial charge on any atom is 0.419 e. The predicted octanol–water partition coefficient (Wildman–Crippen LogP) is 3.54. The number of halogens is 4. The number of rotatable bonds is 3. The Hall–Kier alpha value is -1.37. The van der Waals surface area contributed by atoms with Gasteiger partial charge >= 0.3 is 6.18 Å². The van der Waals surface area contributed by atoms with E-state index < -0.39 is 17.6 Å². The molecule has 0 amide bonds. The molecule has 100 valence electrons. The van der Waals surface area contributed by atoms with Crippen LogP contribution in [-0.4, -0.2) is 11.7 Å². The van der Waals surface area contributed by atoms with Gasteiger partial charge in [-0.25, -0.2) is 4.39 Å². The molecule has 0 aliphatic rings. The van der Waals surface area contributed by atoms with Crippen molar-refractivity contribution in [3.05, 3.63) is 29.6 Å². The van der Waals surface area contributed by atoms with Crippen molar-refractivity contribution in [2.24, 2.45) is 0 Å². The van der Waals surface area contributed by atoms with Gasteiger partial charge in [-0.05, 0) is 36.8 Å². The maximum atomic E-state index is 13.0. The van der Waals surface area contributed by atoms with Crippen LogP contribution in [0.1, 0.15) is 18.9 Å². The summed E-state index contributed by atoms with van der Waals surface area (Å²) >= 11 is 4.87. The fraction of sp³-hybridized carbons (Fsp3) is 0.364. The third-order valence-electron chi connectivity index (χ3n) is 2.07. The normalized spacial score (nSPS) is 11.2. The Bertz CT molecular complexity index is 432. The predicted molar refractivity (Wildman–Crippen MR) is 65.9 cm³/mol. The highest BCUT2D eigenvalue weighted by Gasteiger charge is 2.34. The van der Waals surface area contributed by atoms with E-state index in [-0.39, 0.29) is 10.8 Å². The second kappa shape index (κ2) is 5.99. The summed E-state index contributed by atoms with van der Waals surface area (Å²) in [5.74, 6) is -1.31. The zero-order valence-corrected chi connectivity index (χ0v) is 10.4. The SMILES string of the molecule is CCCNC(=S)Nc1ccc(F)c(C(F)(F)F)c1. The molecule has 2 nitrogen and oxygen atoms in total. The first kappa shape index (κ1) is 14.7. The molecule has 0 bridgehead atoms. The van der Waals surface area contributed by atoms with Gasteiger partial charge < -0.3 is 10.6 Å². The van der Waals surface area contributed by atoms with Gasteiger partial charge in [0.25, 0.3) is 0 Å². The van der Waals surface area contributed by atoms with Gasteiger partial charge in [0.1, 0.15) is 5.82 Å². The van der Waals surface area contributed by atoms with Crippen molar-refractivity contribution in [2.45, 2.75) is 19.5 Å². The Balaban J connectivity index is 2.83. The first-order valence-electron chi connectivity index (χ1n) is 5.26. The smallest absolute Gasteiger partial charge is 0.362 e. The highest BCUT2D eigenvalue weighted by Crippen LogP contribution is 2.32. The average Bonchev–Trinajstić information content (AvgIpc) is 2.27. The maximum absolute atomic E-state index is 13.0. The molecule has 1 rings (SSSR count). The summed E-state index contributed by atoms with van der Waals surface area (Å²) in [5, 5.41) is 5.57. The molecule has 0 saturated carbocycles. The van der Waals surface area contributed by atoms with Gasteiger partial charge in [0.2, 0.25) is 0 Å². The van der Waals surface area contributed by atoms with Crippen LogP contribution in [0.3, 0.4) is 0 Å². The fourth-order valence-corrected chi connectivity index (χ4v) is 1.45. The zero-order chi connectivity index (χ0) is 13.8. The summed E-state index contributed by atoms with van der Waals surface area (Å²) in [4.78, 5) is 0. The first-order valence-corrected chi connectivity index (χ1v) is 5.67. The number of anilines is 1. The molecule has 7 heteroatoms. The van der Waals surface area contributed by atoms with E-state index in [0.717, 1.165) is 12.5 Å². The topological polar surface area (TPSA) is 24.1 Å². The number of benzene rings is 1.